The quantitative estimate of drug-likeness (QED) is 0.885. The lowest BCUT2D eigenvalue weighted by Crippen LogP contribution is -2.22. The number of nitrogens with one attached hydrogen (secondary N) is 1. The molecule has 0 bridgehead atoms. The van der Waals surface area contributed by atoms with Crippen molar-refractivity contribution in [2.75, 3.05) is 16.8 Å². The van der Waals surface area contributed by atoms with Crippen molar-refractivity contribution in [3.05, 3.63) is 24.3 Å². The first-order valence-corrected chi connectivity index (χ1v) is 7.76. The smallest absolute Gasteiger partial charge is 0.203 e. The van der Waals surface area contributed by atoms with Crippen LogP contribution in [-0.4, -0.2) is 35.5 Å². The predicted molar refractivity (Wildman–Crippen MR) is 71.4 cm³/mol. The van der Waals surface area contributed by atoms with E-state index in [4.69, 9.17) is 0 Å². The molecule has 1 aromatic carbocycles. The van der Waals surface area contributed by atoms with Gasteiger partial charge in [-0.3, -0.25) is 0 Å². The average Bonchev–Trinajstić information content (AvgIpc) is 2.82. The molecule has 1 aromatic heterocycles. The summed E-state index contributed by atoms with van der Waals surface area (Å²) in [7, 11) is -0.926. The molecule has 5 nitrogen and oxygen atoms in total. The normalized spacial score (nSPS) is 22.4. The van der Waals surface area contributed by atoms with Gasteiger partial charge in [-0.15, -0.1) is 0 Å². The van der Waals surface area contributed by atoms with Crippen LogP contribution in [0.4, 0.5) is 5.95 Å². The topological polar surface area (TPSA) is 64.0 Å². The number of sulfone groups is 1. The summed E-state index contributed by atoms with van der Waals surface area (Å²) in [5, 5.41) is 3.23. The van der Waals surface area contributed by atoms with Gasteiger partial charge in [0.15, 0.2) is 9.84 Å². The van der Waals surface area contributed by atoms with Gasteiger partial charge in [0.25, 0.3) is 0 Å². The molecule has 0 spiro atoms. The Bertz CT molecular complexity index is 690. The van der Waals surface area contributed by atoms with Crippen molar-refractivity contribution in [3.63, 3.8) is 0 Å². The fourth-order valence-electron chi connectivity index (χ4n) is 2.37. The molecule has 0 aliphatic carbocycles. The van der Waals surface area contributed by atoms with Crippen LogP contribution in [0.1, 0.15) is 6.42 Å². The molecule has 2 heterocycles. The number of aromatic nitrogens is 2. The summed E-state index contributed by atoms with van der Waals surface area (Å²) in [5.41, 5.74) is 1.96. The number of anilines is 1. The van der Waals surface area contributed by atoms with Gasteiger partial charge in [-0.2, -0.15) is 0 Å². The minimum absolute atomic E-state index is 0.0227. The third-order valence-corrected chi connectivity index (χ3v) is 5.12. The third kappa shape index (κ3) is 1.96. The molecule has 6 heteroatoms. The molecular formula is C12H15N3O2S. The molecule has 3 rings (SSSR count). The maximum atomic E-state index is 11.4. The van der Waals surface area contributed by atoms with Gasteiger partial charge in [0.2, 0.25) is 5.95 Å². The second kappa shape index (κ2) is 3.98. The molecule has 0 amide bonds. The van der Waals surface area contributed by atoms with Crippen molar-refractivity contribution in [2.24, 2.45) is 7.05 Å². The molecule has 0 radical (unpaired) electrons. The van der Waals surface area contributed by atoms with E-state index in [-0.39, 0.29) is 17.5 Å². The standard InChI is InChI=1S/C12H15N3O2S/c1-15-11-5-3-2-4-10(11)14-12(15)13-9-6-7-18(16,17)8-9/h2-5,9H,6-8H2,1H3,(H,13,14). The third-order valence-electron chi connectivity index (χ3n) is 3.35. The zero-order chi connectivity index (χ0) is 12.8. The molecule has 1 aliphatic rings. The van der Waals surface area contributed by atoms with Crippen LogP contribution in [0.25, 0.3) is 11.0 Å². The fraction of sp³-hybridized carbons (Fsp3) is 0.417. The molecule has 1 aliphatic heterocycles. The molecule has 1 fully saturated rings. The summed E-state index contributed by atoms with van der Waals surface area (Å²) in [6.07, 6.45) is 0.658. The van der Waals surface area contributed by atoms with Crippen molar-refractivity contribution in [2.45, 2.75) is 12.5 Å². The number of hydrogen-bond donors (Lipinski definition) is 1. The zero-order valence-corrected chi connectivity index (χ0v) is 10.9. The molecule has 1 N–H and O–H groups in total. The van der Waals surface area contributed by atoms with Crippen molar-refractivity contribution in [1.29, 1.82) is 0 Å². The maximum Gasteiger partial charge on any atom is 0.203 e. The predicted octanol–water partition coefficient (Wildman–Crippen LogP) is 1.17. The Labute approximate surface area is 106 Å². The van der Waals surface area contributed by atoms with E-state index in [1.165, 1.54) is 0 Å². The monoisotopic (exact) mass is 265 g/mol. The number of benzene rings is 1. The lowest BCUT2D eigenvalue weighted by Gasteiger charge is -2.11. The second-order valence-corrected chi connectivity index (χ2v) is 6.96. The van der Waals surface area contributed by atoms with Crippen LogP contribution in [0.15, 0.2) is 24.3 Å². The van der Waals surface area contributed by atoms with Crippen molar-refractivity contribution in [3.8, 4) is 0 Å². The van der Waals surface area contributed by atoms with Crippen LogP contribution in [0.3, 0.4) is 0 Å². The van der Waals surface area contributed by atoms with Gasteiger partial charge in [0.05, 0.1) is 22.5 Å². The summed E-state index contributed by atoms with van der Waals surface area (Å²) < 4.78 is 24.8. The summed E-state index contributed by atoms with van der Waals surface area (Å²) in [6.45, 7) is 0. The van der Waals surface area contributed by atoms with Gasteiger partial charge in [-0.25, -0.2) is 13.4 Å². The molecule has 0 saturated carbocycles. The molecule has 1 atom stereocenters. The van der Waals surface area contributed by atoms with E-state index in [2.05, 4.69) is 10.3 Å². The van der Waals surface area contributed by atoms with Gasteiger partial charge in [0.1, 0.15) is 0 Å². The minimum atomic E-state index is -2.86. The molecule has 2 aromatic rings. The minimum Gasteiger partial charge on any atom is -0.352 e. The zero-order valence-electron chi connectivity index (χ0n) is 10.1. The highest BCUT2D eigenvalue weighted by atomic mass is 32.2. The van der Waals surface area contributed by atoms with Crippen LogP contribution < -0.4 is 5.32 Å². The van der Waals surface area contributed by atoms with E-state index >= 15 is 0 Å². The number of aryl methyl sites for hydroxylation is 1. The summed E-state index contributed by atoms with van der Waals surface area (Å²) in [4.78, 5) is 4.48. The Balaban J connectivity index is 1.89. The average molecular weight is 265 g/mol. The molecular weight excluding hydrogens is 250 g/mol. The molecule has 18 heavy (non-hydrogen) atoms. The van der Waals surface area contributed by atoms with Crippen LogP contribution in [0, 0.1) is 0 Å². The van der Waals surface area contributed by atoms with E-state index in [0.29, 0.717) is 6.42 Å². The lowest BCUT2D eigenvalue weighted by atomic mass is 10.3. The van der Waals surface area contributed by atoms with Crippen LogP contribution in [-0.2, 0) is 16.9 Å². The first-order valence-electron chi connectivity index (χ1n) is 5.93. The van der Waals surface area contributed by atoms with E-state index in [0.717, 1.165) is 17.0 Å². The Morgan fingerprint density at radius 2 is 2.17 bits per heavy atom. The second-order valence-electron chi connectivity index (χ2n) is 4.73. The summed E-state index contributed by atoms with van der Waals surface area (Å²) in [5.74, 6) is 1.21. The first-order chi connectivity index (χ1) is 8.55. The molecule has 96 valence electrons. The molecule has 1 unspecified atom stereocenters. The first kappa shape index (κ1) is 11.5. The van der Waals surface area contributed by atoms with Crippen molar-refractivity contribution >= 4 is 26.8 Å². The largest absolute Gasteiger partial charge is 0.352 e. The number of hydrogen-bond acceptors (Lipinski definition) is 4. The number of nitrogens with zero attached hydrogens (tertiary/aromatic N) is 2. The number of para-hydroxylation sites is 2. The van der Waals surface area contributed by atoms with Crippen LogP contribution in [0.2, 0.25) is 0 Å². The van der Waals surface area contributed by atoms with Gasteiger partial charge < -0.3 is 9.88 Å². The Kier molecular flexibility index (Phi) is 2.55. The lowest BCUT2D eigenvalue weighted by molar-refractivity contribution is 0.602. The Hall–Kier alpha value is -1.56. The Morgan fingerprint density at radius 3 is 2.83 bits per heavy atom. The van der Waals surface area contributed by atoms with Crippen LogP contribution >= 0.6 is 0 Å². The highest BCUT2D eigenvalue weighted by Gasteiger charge is 2.28. The SMILES string of the molecule is Cn1c(NC2CCS(=O)(=O)C2)nc2ccccc21. The number of rotatable bonds is 2. The van der Waals surface area contributed by atoms with Crippen molar-refractivity contribution in [1.82, 2.24) is 9.55 Å². The highest BCUT2D eigenvalue weighted by Crippen LogP contribution is 2.21. The number of imidazole rings is 1. The van der Waals surface area contributed by atoms with Gasteiger partial charge in [0, 0.05) is 13.1 Å². The van der Waals surface area contributed by atoms with E-state index in [1.54, 1.807) is 0 Å². The van der Waals surface area contributed by atoms with E-state index in [1.807, 2.05) is 35.9 Å². The molecule has 1 saturated heterocycles. The number of fused-ring (bicyclic) bond motifs is 1. The van der Waals surface area contributed by atoms with E-state index in [9.17, 15) is 8.42 Å². The summed E-state index contributed by atoms with van der Waals surface area (Å²) in [6, 6.07) is 7.84. The van der Waals surface area contributed by atoms with Gasteiger partial charge >= 0.3 is 0 Å². The Morgan fingerprint density at radius 1 is 1.39 bits per heavy atom. The van der Waals surface area contributed by atoms with Gasteiger partial charge in [-0.05, 0) is 18.6 Å². The van der Waals surface area contributed by atoms with Crippen LogP contribution in [0.5, 0.6) is 0 Å². The van der Waals surface area contributed by atoms with E-state index < -0.39 is 9.84 Å². The fourth-order valence-corrected chi connectivity index (χ4v) is 4.04. The maximum absolute atomic E-state index is 11.4. The summed E-state index contributed by atoms with van der Waals surface area (Å²) >= 11 is 0. The highest BCUT2D eigenvalue weighted by molar-refractivity contribution is 7.91. The van der Waals surface area contributed by atoms with Gasteiger partial charge in [-0.1, -0.05) is 12.1 Å². The van der Waals surface area contributed by atoms with Crippen molar-refractivity contribution < 1.29 is 8.42 Å².